The van der Waals surface area contributed by atoms with E-state index in [4.69, 9.17) is 0 Å². The van der Waals surface area contributed by atoms with Gasteiger partial charge in [0, 0.05) is 59.8 Å². The number of hydrogen-bond donors (Lipinski definition) is 0. The van der Waals surface area contributed by atoms with Crippen molar-refractivity contribution >= 4 is 87.2 Å². The fraction of sp³-hybridized carbons (Fsp3) is 0.0282. The maximum Gasteiger partial charge on any atom is 0.104 e. The molecule has 11 aromatic carbocycles. The third-order valence-electron chi connectivity index (χ3n) is 15.7. The van der Waals surface area contributed by atoms with Gasteiger partial charge in [0.05, 0.1) is 66.9 Å². The molecule has 0 radical (unpaired) electrons. The van der Waals surface area contributed by atoms with Crippen LogP contribution in [0.1, 0.15) is 27.8 Å². The molecule has 0 aliphatic carbocycles. The first-order valence-electron chi connectivity index (χ1n) is 25.8. The fourth-order valence-electron chi connectivity index (χ4n) is 12.5. The van der Waals surface area contributed by atoms with E-state index in [1.165, 1.54) is 0 Å². The second-order valence-corrected chi connectivity index (χ2v) is 19.8. The van der Waals surface area contributed by atoms with Crippen LogP contribution < -0.4 is 0 Å². The van der Waals surface area contributed by atoms with Gasteiger partial charge in [-0.05, 0) is 91.2 Å². The highest BCUT2D eigenvalue weighted by Crippen LogP contribution is 2.51. The van der Waals surface area contributed by atoms with Gasteiger partial charge in [0.25, 0.3) is 0 Å². The summed E-state index contributed by atoms with van der Waals surface area (Å²) >= 11 is 0. The number of aromatic nitrogens is 4. The smallest absolute Gasteiger partial charge is 0.104 e. The van der Waals surface area contributed by atoms with Crippen LogP contribution in [-0.2, 0) is 0 Å². The molecule has 0 atom stereocenters. The summed E-state index contributed by atoms with van der Waals surface area (Å²) in [6.45, 7) is 4.25. The summed E-state index contributed by atoms with van der Waals surface area (Å²) in [7, 11) is 0. The zero-order valence-electron chi connectivity index (χ0n) is 41.8. The molecule has 354 valence electrons. The molecule has 0 saturated heterocycles. The van der Waals surface area contributed by atoms with Gasteiger partial charge in [-0.2, -0.15) is 5.26 Å². The zero-order chi connectivity index (χ0) is 50.6. The van der Waals surface area contributed by atoms with Crippen molar-refractivity contribution in [3.05, 3.63) is 264 Å². The standard InChI is InChI=1S/C71H45N5/c1-45-20-19-21-46(2)49(45)43-40-47-38-41-48(42-39-47)67-70(75-63-34-15-7-26-54(63)55-27-8-16-35-64(55)75)68(73-59-30-11-3-22-50(59)51-23-4-12-31-60(51)73)58(44-72)69(74-61-32-13-5-24-52(61)53-25-6-14-33-62(53)74)71(67)76-65-36-17-9-28-56(65)57-29-10-18-37-66(57)76/h3-39,41-42H,1-2H3. The molecular weight excluding hydrogens is 923 g/mol. The summed E-state index contributed by atoms with van der Waals surface area (Å²) in [6.07, 6.45) is 0. The Morgan fingerprint density at radius 3 is 0.842 bits per heavy atom. The van der Waals surface area contributed by atoms with Gasteiger partial charge in [-0.3, -0.25) is 0 Å². The first-order valence-corrected chi connectivity index (χ1v) is 25.8. The SMILES string of the molecule is Cc1cccc(C)c1C#Cc1ccc(-c2c(-n3c4ccccc4c4ccccc43)c(-n3c4ccccc4c4ccccc43)c(C#N)c(-n3c4ccccc4c4ccccc43)c2-n2c3ccccc3c3ccccc32)cc1. The van der Waals surface area contributed by atoms with Gasteiger partial charge < -0.3 is 18.3 Å². The molecule has 15 rings (SSSR count). The Kier molecular flexibility index (Phi) is 9.60. The number of para-hydroxylation sites is 8. The molecule has 4 heterocycles. The van der Waals surface area contributed by atoms with Crippen molar-refractivity contribution in [1.29, 1.82) is 5.26 Å². The first kappa shape index (κ1) is 43.3. The third kappa shape index (κ3) is 6.21. The number of rotatable bonds is 5. The van der Waals surface area contributed by atoms with Crippen LogP contribution in [0.15, 0.2) is 237 Å². The normalized spacial score (nSPS) is 11.7. The van der Waals surface area contributed by atoms with Gasteiger partial charge in [0.15, 0.2) is 0 Å². The number of hydrogen-bond acceptors (Lipinski definition) is 1. The van der Waals surface area contributed by atoms with Crippen LogP contribution in [0.5, 0.6) is 0 Å². The number of benzene rings is 11. The summed E-state index contributed by atoms with van der Waals surface area (Å²) in [5.41, 5.74) is 18.2. The van der Waals surface area contributed by atoms with E-state index >= 15 is 0 Å². The van der Waals surface area contributed by atoms with E-state index in [0.29, 0.717) is 5.56 Å². The van der Waals surface area contributed by atoms with Gasteiger partial charge in [-0.15, -0.1) is 0 Å². The van der Waals surface area contributed by atoms with Crippen molar-refractivity contribution in [2.75, 3.05) is 0 Å². The largest absolute Gasteiger partial charge is 0.306 e. The van der Waals surface area contributed by atoms with E-state index < -0.39 is 0 Å². The molecule has 0 saturated carbocycles. The number of fused-ring (bicyclic) bond motifs is 12. The molecule has 0 spiro atoms. The van der Waals surface area contributed by atoms with Crippen LogP contribution in [-0.4, -0.2) is 18.3 Å². The lowest BCUT2D eigenvalue weighted by Gasteiger charge is -2.29. The van der Waals surface area contributed by atoms with Gasteiger partial charge in [0.1, 0.15) is 11.6 Å². The highest BCUT2D eigenvalue weighted by Gasteiger charge is 2.35. The summed E-state index contributed by atoms with van der Waals surface area (Å²) in [5.74, 6) is 7.10. The lowest BCUT2D eigenvalue weighted by Crippen LogP contribution is -2.16. The van der Waals surface area contributed by atoms with Crippen LogP contribution >= 0.6 is 0 Å². The Bertz CT molecular complexity index is 4550. The van der Waals surface area contributed by atoms with Crippen LogP contribution in [0.25, 0.3) is 121 Å². The Labute approximate surface area is 438 Å². The lowest BCUT2D eigenvalue weighted by molar-refractivity contribution is 1.04. The summed E-state index contributed by atoms with van der Waals surface area (Å²) in [4.78, 5) is 0. The summed E-state index contributed by atoms with van der Waals surface area (Å²) in [6, 6.07) is 87.6. The van der Waals surface area contributed by atoms with E-state index in [2.05, 4.69) is 287 Å². The minimum absolute atomic E-state index is 0.534. The predicted octanol–water partition coefficient (Wildman–Crippen LogP) is 17.6. The van der Waals surface area contributed by atoms with Gasteiger partial charge >= 0.3 is 0 Å². The van der Waals surface area contributed by atoms with Crippen molar-refractivity contribution in [2.24, 2.45) is 0 Å². The van der Waals surface area contributed by atoms with E-state index in [1.807, 2.05) is 0 Å². The molecule has 15 aromatic rings. The molecule has 0 aliphatic heterocycles. The van der Waals surface area contributed by atoms with Crippen molar-refractivity contribution < 1.29 is 0 Å². The van der Waals surface area contributed by atoms with Crippen molar-refractivity contribution in [2.45, 2.75) is 13.8 Å². The zero-order valence-corrected chi connectivity index (χ0v) is 41.8. The lowest BCUT2D eigenvalue weighted by atomic mass is 9.92. The minimum Gasteiger partial charge on any atom is -0.306 e. The Balaban J connectivity index is 1.25. The highest BCUT2D eigenvalue weighted by atomic mass is 15.1. The Morgan fingerprint density at radius 2 is 0.553 bits per heavy atom. The van der Waals surface area contributed by atoms with Crippen LogP contribution in [0.2, 0.25) is 0 Å². The maximum absolute atomic E-state index is 12.8. The molecule has 0 N–H and O–H groups in total. The molecule has 0 bridgehead atoms. The van der Waals surface area contributed by atoms with Gasteiger partial charge in [-0.25, -0.2) is 0 Å². The third-order valence-corrected chi connectivity index (χ3v) is 15.7. The molecule has 0 aliphatic rings. The van der Waals surface area contributed by atoms with Crippen molar-refractivity contribution in [3.63, 3.8) is 0 Å². The highest BCUT2D eigenvalue weighted by molar-refractivity contribution is 6.17. The molecule has 5 heteroatoms. The van der Waals surface area contributed by atoms with Gasteiger partial charge in [-0.1, -0.05) is 188 Å². The fourth-order valence-corrected chi connectivity index (χ4v) is 12.5. The van der Waals surface area contributed by atoms with Crippen LogP contribution in [0, 0.1) is 37.0 Å². The Morgan fingerprint density at radius 1 is 0.276 bits per heavy atom. The second-order valence-electron chi connectivity index (χ2n) is 19.8. The summed E-state index contributed by atoms with van der Waals surface area (Å²) < 4.78 is 9.65. The van der Waals surface area contributed by atoms with Gasteiger partial charge in [0.2, 0.25) is 0 Å². The second kappa shape index (κ2) is 16.9. The van der Waals surface area contributed by atoms with E-state index in [9.17, 15) is 5.26 Å². The molecule has 5 nitrogen and oxygen atoms in total. The van der Waals surface area contributed by atoms with E-state index in [0.717, 1.165) is 143 Å². The van der Waals surface area contributed by atoms with Crippen LogP contribution in [0.4, 0.5) is 0 Å². The minimum atomic E-state index is 0.534. The molecule has 0 unspecified atom stereocenters. The Hall–Kier alpha value is -10.3. The van der Waals surface area contributed by atoms with Crippen LogP contribution in [0.3, 0.4) is 0 Å². The molecule has 0 amide bonds. The average Bonchev–Trinajstić information content (AvgIpc) is 4.28. The number of nitriles is 1. The van der Waals surface area contributed by atoms with Crippen molar-refractivity contribution in [3.8, 4) is 51.8 Å². The topological polar surface area (TPSA) is 43.5 Å². The maximum atomic E-state index is 12.8. The molecule has 0 fully saturated rings. The number of nitrogens with zero attached hydrogens (tertiary/aromatic N) is 5. The molecule has 4 aromatic heterocycles. The molecular formula is C71H45N5. The van der Waals surface area contributed by atoms with E-state index in [1.54, 1.807) is 0 Å². The predicted molar refractivity (Wildman–Crippen MR) is 316 cm³/mol. The average molecular weight is 968 g/mol. The summed E-state index contributed by atoms with van der Waals surface area (Å²) in [5, 5.41) is 21.7. The number of aryl methyl sites for hydroxylation is 2. The van der Waals surface area contributed by atoms with Crippen molar-refractivity contribution in [1.82, 2.24) is 18.3 Å². The molecule has 76 heavy (non-hydrogen) atoms. The van der Waals surface area contributed by atoms with E-state index in [-0.39, 0.29) is 0 Å². The quantitative estimate of drug-likeness (QED) is 0.159. The first-order chi connectivity index (χ1) is 37.6. The monoisotopic (exact) mass is 967 g/mol.